The maximum Gasteiger partial charge on any atom is 0.143 e. The van der Waals surface area contributed by atoms with E-state index in [2.05, 4.69) is 58.7 Å². The van der Waals surface area contributed by atoms with Crippen molar-refractivity contribution in [1.82, 2.24) is 4.98 Å². The molecular formula is C67H89BrCl3F2N9O16S8Y8-16. The fraction of sp³-hybridized carbons (Fsp3) is 0.179. The van der Waals surface area contributed by atoms with E-state index >= 15 is 0 Å². The van der Waals surface area contributed by atoms with E-state index < -0.39 is 96.7 Å². The van der Waals surface area contributed by atoms with Gasteiger partial charge in [0.05, 0.1) is 14.8 Å². The molecule has 0 aliphatic carbocycles. The Hall–Kier alpha value is 3.01. The Morgan fingerprint density at radius 3 is 0.825 bits per heavy atom. The van der Waals surface area contributed by atoms with E-state index in [1.807, 2.05) is 27.7 Å². The second kappa shape index (κ2) is 75.0. The van der Waals surface area contributed by atoms with E-state index in [1.54, 1.807) is 115 Å². The van der Waals surface area contributed by atoms with Crippen LogP contribution in [0, 0.1) is 98.7 Å². The molecule has 8 radical (unpaired) electrons. The first-order valence-corrected chi connectivity index (χ1v) is 40.2. The second-order valence-corrected chi connectivity index (χ2v) is 34.8. The zero-order valence-corrected chi connectivity index (χ0v) is 99.5. The molecule has 25 nitrogen and oxygen atoms in total. The molecule has 47 heteroatoms. The van der Waals surface area contributed by atoms with Gasteiger partial charge >= 0.3 is 0 Å². The molecule has 0 N–H and O–H groups in total. The topological polar surface area (TPSA) is 399 Å². The summed E-state index contributed by atoms with van der Waals surface area (Å²) in [6.45, 7) is 7.61. The minimum absolute atomic E-state index is 0. The maximum absolute atomic E-state index is 12.9. The van der Waals surface area contributed by atoms with Gasteiger partial charge in [-0.15, -0.1) is 0 Å². The minimum Gasteiger partial charge on any atom is -0.547 e. The van der Waals surface area contributed by atoms with Gasteiger partial charge in [-0.2, -0.15) is 56.4 Å². The Bertz CT molecular complexity index is 4450. The van der Waals surface area contributed by atoms with Crippen LogP contribution < -0.4 is 0 Å². The third-order valence-corrected chi connectivity index (χ3v) is 23.7. The van der Waals surface area contributed by atoms with Crippen LogP contribution in [0.5, 0.6) is 0 Å². The van der Waals surface area contributed by atoms with Gasteiger partial charge in [0.2, 0.25) is 0 Å². The van der Waals surface area contributed by atoms with Gasteiger partial charge in [-0.3, -0.25) is 0 Å². The van der Waals surface area contributed by atoms with E-state index in [9.17, 15) is 76.1 Å². The van der Waals surface area contributed by atoms with Crippen molar-refractivity contribution >= 4 is 131 Å². The number of sulfonamides is 8. The zero-order chi connectivity index (χ0) is 75.3. The summed E-state index contributed by atoms with van der Waals surface area (Å²) >= 11 is 20.0. The molecule has 0 amide bonds. The number of hydrogen-bond donors (Lipinski definition) is 0. The molecule has 1 heterocycles. The van der Waals surface area contributed by atoms with E-state index in [4.69, 9.17) is 34.8 Å². The number of rotatable bonds is 16. The van der Waals surface area contributed by atoms with Gasteiger partial charge in [0.1, 0.15) is 96.8 Å². The van der Waals surface area contributed by atoms with Crippen LogP contribution in [0.2, 0.25) is 15.1 Å². The predicted molar refractivity (Wildman–Crippen MR) is 434 cm³/mol. The largest absolute Gasteiger partial charge is 0.547 e. The van der Waals surface area contributed by atoms with E-state index in [-0.39, 0.29) is 361 Å². The summed E-state index contributed by atoms with van der Waals surface area (Å²) < 4.78 is 230. The van der Waals surface area contributed by atoms with Gasteiger partial charge in [0.15, 0.2) is 0 Å². The van der Waals surface area contributed by atoms with Crippen LogP contribution in [0.25, 0.3) is 37.8 Å². The second-order valence-electron chi connectivity index (χ2n) is 18.4. The van der Waals surface area contributed by atoms with Gasteiger partial charge in [-0.25, -0.2) is 81.1 Å². The third-order valence-electron chi connectivity index (χ3n) is 11.6. The summed E-state index contributed by atoms with van der Waals surface area (Å²) in [5.41, 5.74) is 4.13. The Labute approximate surface area is 907 Å². The van der Waals surface area contributed by atoms with Crippen molar-refractivity contribution in [2.75, 3.05) is 56.4 Å². The number of aromatic nitrogens is 1. The van der Waals surface area contributed by atoms with Crippen LogP contribution in [0.1, 0.15) is 22.3 Å². The van der Waals surface area contributed by atoms with Crippen LogP contribution in [0.4, 0.5) is 8.78 Å². The average molecular weight is 2470 g/mol. The molecule has 8 rings (SSSR count). The van der Waals surface area contributed by atoms with Gasteiger partial charge in [-0.1, -0.05) is 112 Å². The minimum atomic E-state index is -3.96. The molecular weight excluding hydrogens is 2380 g/mol. The average Bonchev–Trinajstić information content (AvgIpc) is 0.824. The van der Waals surface area contributed by atoms with Crippen LogP contribution in [-0.2, 0) is 342 Å². The normalized spacial score (nSPS) is 9.91. The molecule has 628 valence electrons. The first-order chi connectivity index (χ1) is 45.3. The Morgan fingerprint density at radius 2 is 0.570 bits per heavy atom. The smallest absolute Gasteiger partial charge is 0.143 e. The molecule has 0 spiro atoms. The maximum atomic E-state index is 12.9. The van der Waals surface area contributed by atoms with Crippen molar-refractivity contribution < 1.29 is 338 Å². The standard InChI is InChI=1S/4C8H10NO2S.C7H6Cl2NO2S.C7H7ClNO2S.C7H6F2NO2S.C6H6BrN2O2S.8CH3.8Y/c4*1-7-3-5-8(6-4-7)12(10,11)9-2;1-10-13(11,12)7-4-5(8)2-3-6(7)9;1-9-12(10,11)7-4-2-3-6(8)5-7;1-10-13(11,12)7-3-2-5(8)4-6(7)9;1-8-12(10,11)6-3-2-5(7)4-9-6;;;;;;;;;;;;;;;;/h4*3-6H,1-2H3;2-4H,1H3;2-5H,1H3;2-4H,1H3;2-4H,1H3;8*1H3;;;;;;;;/q16*-1;;;;;;;;. The Morgan fingerprint density at radius 1 is 0.298 bits per heavy atom. The molecule has 0 bridgehead atoms. The zero-order valence-electron chi connectivity index (χ0n) is 66.5. The number of aryl methyl sites for hydroxylation is 4. The summed E-state index contributed by atoms with van der Waals surface area (Å²) in [6, 6.07) is 41.8. The van der Waals surface area contributed by atoms with Gasteiger partial charge < -0.3 is 97.2 Å². The monoisotopic (exact) mass is 2460 g/mol. The van der Waals surface area contributed by atoms with Crippen molar-refractivity contribution in [3.8, 4) is 0 Å². The summed E-state index contributed by atoms with van der Waals surface area (Å²) in [5.74, 6) is -1.96. The van der Waals surface area contributed by atoms with Crippen LogP contribution in [0.3, 0.4) is 0 Å². The van der Waals surface area contributed by atoms with Gasteiger partial charge in [-0.05, 0) is 153 Å². The SMILES string of the molecule is C[N-]S(=O)(=O)c1cc(Cl)ccc1Cl.C[N-]S(=O)(=O)c1ccc(Br)cn1.C[N-]S(=O)(=O)c1ccc(C)cc1.C[N-]S(=O)(=O)c1ccc(C)cc1.C[N-]S(=O)(=O)c1ccc(C)cc1.C[N-]S(=O)(=O)c1ccc(C)cc1.C[N-]S(=O)(=O)c1ccc(F)cc1F.C[N-]S(=O)(=O)c1cccc(Cl)c1.[CH3-].[CH3-].[CH3-].[CH3-].[CH3-].[CH3-].[CH3-].[CH3-].[Y].[Y].[Y].[Y].[Y].[Y].[Y].[Y]. The third kappa shape index (κ3) is 57.7. The number of halogens is 6. The van der Waals surface area contributed by atoms with Crippen molar-refractivity contribution in [3.05, 3.63) is 327 Å². The van der Waals surface area contributed by atoms with Gasteiger partial charge in [0, 0.05) is 313 Å². The van der Waals surface area contributed by atoms with Gasteiger partial charge in [0.25, 0.3) is 0 Å². The molecule has 0 fully saturated rings. The van der Waals surface area contributed by atoms with Crippen LogP contribution >= 0.6 is 50.7 Å². The molecule has 0 aliphatic rings. The molecule has 7 aromatic carbocycles. The number of benzene rings is 7. The molecule has 0 saturated carbocycles. The van der Waals surface area contributed by atoms with Crippen molar-refractivity contribution in [2.45, 2.75) is 67.0 Å². The molecule has 8 aromatic rings. The van der Waals surface area contributed by atoms with Crippen LogP contribution in [-0.4, -0.2) is 129 Å². The fourth-order valence-electron chi connectivity index (χ4n) is 6.16. The molecule has 1 aromatic heterocycles. The van der Waals surface area contributed by atoms with E-state index in [1.165, 1.54) is 91.9 Å². The van der Waals surface area contributed by atoms with E-state index in [0.717, 1.165) is 45.9 Å². The van der Waals surface area contributed by atoms with Crippen molar-refractivity contribution in [3.63, 3.8) is 0 Å². The molecule has 0 saturated heterocycles. The Balaban J connectivity index is -0.0000000674. The first kappa shape index (κ1) is 154. The van der Waals surface area contributed by atoms with Crippen LogP contribution in [0.15, 0.2) is 220 Å². The summed E-state index contributed by atoms with van der Waals surface area (Å²) in [4.78, 5) is 4.12. The summed E-state index contributed by atoms with van der Waals surface area (Å²) in [6.07, 6.45) is 1.41. The first-order valence-electron chi connectivity index (χ1n) is 26.7. The quantitative estimate of drug-likeness (QED) is 0.0811. The molecule has 0 aliphatic heterocycles. The summed E-state index contributed by atoms with van der Waals surface area (Å²) in [7, 11) is -18.4. The predicted octanol–water partition coefficient (Wildman–Crippen LogP) is 18.2. The molecule has 114 heavy (non-hydrogen) atoms. The number of nitrogens with zero attached hydrogens (tertiary/aromatic N) is 9. The Kier molecular flexibility index (Phi) is 102. The van der Waals surface area contributed by atoms with Crippen molar-refractivity contribution in [1.29, 1.82) is 0 Å². The number of pyridine rings is 1. The summed E-state index contributed by atoms with van der Waals surface area (Å²) in [5, 5.41) is 0.787. The number of hydrogen-bond acceptors (Lipinski definition) is 17. The molecule has 0 atom stereocenters. The fourth-order valence-corrected chi connectivity index (χ4v) is 12.9. The van der Waals surface area contributed by atoms with E-state index in [0.29, 0.717) is 16.1 Å². The molecule has 0 unspecified atom stereocenters. The van der Waals surface area contributed by atoms with Crippen molar-refractivity contribution in [2.24, 2.45) is 0 Å².